The maximum absolute atomic E-state index is 12.8. The Morgan fingerprint density at radius 2 is 1.79 bits per heavy atom. The lowest BCUT2D eigenvalue weighted by molar-refractivity contribution is -0.121. The number of hydrogen-bond donors (Lipinski definition) is 4. The number of carbonyl (C=O) groups is 2. The molecule has 34 heavy (non-hydrogen) atoms. The van der Waals surface area contributed by atoms with Gasteiger partial charge in [0.1, 0.15) is 10.7 Å². The number of aromatic nitrogens is 3. The van der Waals surface area contributed by atoms with Crippen molar-refractivity contribution in [1.29, 1.82) is 0 Å². The van der Waals surface area contributed by atoms with Crippen molar-refractivity contribution in [2.45, 2.75) is 19.8 Å². The van der Waals surface area contributed by atoms with E-state index in [4.69, 9.17) is 0 Å². The minimum Gasteiger partial charge on any atom is -0.361 e. The smallest absolute Gasteiger partial charge is 0.280 e. The van der Waals surface area contributed by atoms with Crippen LogP contribution in [-0.4, -0.2) is 26.8 Å². The zero-order valence-corrected chi connectivity index (χ0v) is 19.1. The predicted molar refractivity (Wildman–Crippen MR) is 132 cm³/mol. The summed E-state index contributed by atoms with van der Waals surface area (Å²) in [7, 11) is 0. The minimum absolute atomic E-state index is 0.111. The van der Waals surface area contributed by atoms with E-state index in [-0.39, 0.29) is 17.9 Å². The molecule has 5 rings (SSSR count). The van der Waals surface area contributed by atoms with Crippen molar-refractivity contribution >= 4 is 44.3 Å². The van der Waals surface area contributed by atoms with E-state index in [1.54, 1.807) is 13.1 Å². The molecule has 9 heteroatoms. The van der Waals surface area contributed by atoms with E-state index in [9.17, 15) is 14.4 Å². The lowest BCUT2D eigenvalue weighted by Gasteiger charge is -2.06. The van der Waals surface area contributed by atoms with Crippen LogP contribution >= 0.6 is 11.3 Å². The summed E-state index contributed by atoms with van der Waals surface area (Å²) in [6, 6.07) is 17.4. The number of aryl methyl sites for hydroxylation is 1. The first kappa shape index (κ1) is 21.6. The van der Waals surface area contributed by atoms with E-state index < -0.39 is 5.91 Å². The van der Waals surface area contributed by atoms with Crippen molar-refractivity contribution in [2.75, 3.05) is 0 Å². The molecule has 3 heterocycles. The Kier molecular flexibility index (Phi) is 5.69. The van der Waals surface area contributed by atoms with Crippen LogP contribution in [0, 0.1) is 6.92 Å². The normalized spacial score (nSPS) is 11.1. The molecule has 5 aromatic rings. The molecule has 0 atom stereocenters. The molecule has 2 aromatic carbocycles. The Balaban J connectivity index is 1.30. The highest BCUT2D eigenvalue weighted by atomic mass is 32.1. The highest BCUT2D eigenvalue weighted by Gasteiger charge is 2.20. The van der Waals surface area contributed by atoms with Gasteiger partial charge in [0, 0.05) is 23.5 Å². The number of hydrogen-bond acceptors (Lipinski definition) is 5. The van der Waals surface area contributed by atoms with Gasteiger partial charge in [-0.1, -0.05) is 48.5 Å². The summed E-state index contributed by atoms with van der Waals surface area (Å²) in [5.74, 6) is -0.307. The minimum atomic E-state index is -0.489. The van der Waals surface area contributed by atoms with Gasteiger partial charge in [-0.05, 0) is 29.7 Å². The Hall–Kier alpha value is -4.24. The predicted octanol–water partition coefficient (Wildman–Crippen LogP) is 3.37. The molecule has 4 N–H and O–H groups in total. The molecule has 0 unspecified atom stereocenters. The number of thiophene rings is 1. The number of H-pyrrole nitrogens is 2. The fraction of sp³-hybridized carbons (Fsp3) is 0.120. The van der Waals surface area contributed by atoms with Gasteiger partial charge in [0.15, 0.2) is 0 Å². The highest BCUT2D eigenvalue weighted by Crippen LogP contribution is 2.27. The van der Waals surface area contributed by atoms with Crippen molar-refractivity contribution in [3.8, 4) is 0 Å². The van der Waals surface area contributed by atoms with Gasteiger partial charge in [-0.2, -0.15) is 0 Å². The van der Waals surface area contributed by atoms with Crippen molar-refractivity contribution in [1.82, 2.24) is 25.8 Å². The molecule has 0 saturated carbocycles. The summed E-state index contributed by atoms with van der Waals surface area (Å²) in [5, 5.41) is 1.35. The number of para-hydroxylation sites is 1. The number of amides is 2. The number of fused-ring (bicyclic) bond motifs is 2. The number of carbonyl (C=O) groups excluding carboxylic acids is 2. The van der Waals surface area contributed by atoms with E-state index in [2.05, 4.69) is 25.8 Å². The molecule has 170 valence electrons. The molecule has 2 amide bonds. The quantitative estimate of drug-likeness (QED) is 0.294. The lowest BCUT2D eigenvalue weighted by Crippen LogP contribution is -2.42. The van der Waals surface area contributed by atoms with Crippen LogP contribution in [0.3, 0.4) is 0 Å². The number of benzene rings is 2. The van der Waals surface area contributed by atoms with Crippen LogP contribution in [0.15, 0.2) is 65.6 Å². The zero-order valence-electron chi connectivity index (χ0n) is 18.3. The van der Waals surface area contributed by atoms with Crippen molar-refractivity contribution in [3.05, 3.63) is 98.5 Å². The molecular weight excluding hydrogens is 450 g/mol. The van der Waals surface area contributed by atoms with Crippen molar-refractivity contribution in [3.63, 3.8) is 0 Å². The molecular formula is C25H21N5O3S. The molecule has 0 radical (unpaired) electrons. The highest BCUT2D eigenvalue weighted by molar-refractivity contribution is 7.20. The van der Waals surface area contributed by atoms with Crippen LogP contribution in [0.2, 0.25) is 0 Å². The average Bonchev–Trinajstić information content (AvgIpc) is 3.39. The number of hydrazine groups is 1. The van der Waals surface area contributed by atoms with Gasteiger partial charge in [-0.15, -0.1) is 11.3 Å². The number of nitrogens with zero attached hydrogens (tertiary/aromatic N) is 1. The van der Waals surface area contributed by atoms with E-state index in [1.807, 2.05) is 54.6 Å². The van der Waals surface area contributed by atoms with Crippen LogP contribution in [-0.2, 0) is 17.6 Å². The Morgan fingerprint density at radius 1 is 1.03 bits per heavy atom. The second-order valence-electron chi connectivity index (χ2n) is 7.95. The van der Waals surface area contributed by atoms with Crippen LogP contribution in [0.4, 0.5) is 0 Å². The van der Waals surface area contributed by atoms with Gasteiger partial charge in [0.05, 0.1) is 16.7 Å². The molecule has 0 bridgehead atoms. The van der Waals surface area contributed by atoms with E-state index in [1.165, 1.54) is 0 Å². The maximum Gasteiger partial charge on any atom is 0.280 e. The summed E-state index contributed by atoms with van der Waals surface area (Å²) in [4.78, 5) is 49.2. The van der Waals surface area contributed by atoms with Gasteiger partial charge < -0.3 is 9.97 Å². The van der Waals surface area contributed by atoms with E-state index in [0.717, 1.165) is 33.4 Å². The van der Waals surface area contributed by atoms with Gasteiger partial charge in [-0.3, -0.25) is 25.2 Å². The first-order valence-electron chi connectivity index (χ1n) is 10.7. The van der Waals surface area contributed by atoms with Crippen LogP contribution in [0.25, 0.3) is 21.1 Å². The average molecular weight is 472 g/mol. The van der Waals surface area contributed by atoms with Crippen LogP contribution in [0.1, 0.15) is 32.2 Å². The molecule has 0 aliphatic carbocycles. The van der Waals surface area contributed by atoms with Crippen LogP contribution in [0.5, 0.6) is 0 Å². The largest absolute Gasteiger partial charge is 0.361 e. The number of aromatic amines is 2. The van der Waals surface area contributed by atoms with Crippen LogP contribution < -0.4 is 16.4 Å². The first-order valence-corrected chi connectivity index (χ1v) is 11.5. The molecule has 0 aliphatic rings. The topological polar surface area (TPSA) is 120 Å². The fourth-order valence-corrected chi connectivity index (χ4v) is 5.05. The first-order chi connectivity index (χ1) is 16.5. The number of nitrogens with one attached hydrogen (secondary N) is 4. The van der Waals surface area contributed by atoms with Gasteiger partial charge in [0.2, 0.25) is 5.91 Å². The fourth-order valence-electron chi connectivity index (χ4n) is 3.96. The van der Waals surface area contributed by atoms with E-state index >= 15 is 0 Å². The second-order valence-corrected chi connectivity index (χ2v) is 8.95. The monoisotopic (exact) mass is 471 g/mol. The second kappa shape index (κ2) is 8.95. The van der Waals surface area contributed by atoms with Gasteiger partial charge >= 0.3 is 0 Å². The summed E-state index contributed by atoms with van der Waals surface area (Å²) in [6.07, 6.45) is 2.38. The molecule has 0 aliphatic heterocycles. The summed E-state index contributed by atoms with van der Waals surface area (Å²) >= 11 is 1.13. The third-order valence-electron chi connectivity index (χ3n) is 5.61. The SMILES string of the molecule is Cc1c(C(=O)NNC(=O)Cc2c[nH]c3ccccc23)sc2nc(Cc3ccccc3)[nH]c(=O)c12. The Labute approximate surface area is 198 Å². The summed E-state index contributed by atoms with van der Waals surface area (Å²) < 4.78 is 0. The maximum atomic E-state index is 12.8. The Morgan fingerprint density at radius 3 is 2.62 bits per heavy atom. The van der Waals surface area contributed by atoms with Gasteiger partial charge in [0.25, 0.3) is 11.5 Å². The standard InChI is InChI=1S/C25H21N5O3S/c1-14-21-23(32)27-19(11-15-7-3-2-4-8-15)28-25(21)34-22(14)24(33)30-29-20(31)12-16-13-26-18-10-6-5-9-17(16)18/h2-10,13,26H,11-12H2,1H3,(H,29,31)(H,30,33)(H,27,28,32). The third-order valence-corrected chi connectivity index (χ3v) is 6.80. The molecule has 3 aromatic heterocycles. The van der Waals surface area contributed by atoms with Gasteiger partial charge in [-0.25, -0.2) is 4.98 Å². The molecule has 0 spiro atoms. The summed E-state index contributed by atoms with van der Waals surface area (Å²) in [6.45, 7) is 1.70. The van der Waals surface area contributed by atoms with Crippen molar-refractivity contribution < 1.29 is 9.59 Å². The Bertz CT molecular complexity index is 1580. The van der Waals surface area contributed by atoms with E-state index in [0.29, 0.717) is 32.9 Å². The summed E-state index contributed by atoms with van der Waals surface area (Å²) in [5.41, 5.74) is 7.97. The third kappa shape index (κ3) is 4.20. The number of rotatable bonds is 5. The lowest BCUT2D eigenvalue weighted by atomic mass is 10.1. The molecule has 8 nitrogen and oxygen atoms in total. The molecule has 0 saturated heterocycles. The zero-order chi connectivity index (χ0) is 23.7. The molecule has 0 fully saturated rings. The van der Waals surface area contributed by atoms with Crippen molar-refractivity contribution in [2.24, 2.45) is 0 Å².